The Labute approximate surface area is 87.6 Å². The quantitative estimate of drug-likeness (QED) is 0.666. The second-order valence-electron chi connectivity index (χ2n) is 4.68. The van der Waals surface area contributed by atoms with Gasteiger partial charge in [-0.25, -0.2) is 0 Å². The van der Waals surface area contributed by atoms with Crippen molar-refractivity contribution in [2.24, 2.45) is 11.8 Å². The van der Waals surface area contributed by atoms with Crippen LogP contribution in [0.15, 0.2) is 11.6 Å². The zero-order valence-corrected chi connectivity index (χ0v) is 9.68. The van der Waals surface area contributed by atoms with Crippen LogP contribution in [0.2, 0.25) is 0 Å². The van der Waals surface area contributed by atoms with Crippen molar-refractivity contribution in [2.75, 3.05) is 0 Å². The summed E-state index contributed by atoms with van der Waals surface area (Å²) >= 11 is 0. The van der Waals surface area contributed by atoms with Crippen molar-refractivity contribution in [1.82, 2.24) is 0 Å². The molecule has 0 bridgehead atoms. The van der Waals surface area contributed by atoms with Crippen LogP contribution in [0.4, 0.5) is 0 Å². The molecule has 0 aromatic rings. The van der Waals surface area contributed by atoms with Crippen LogP contribution >= 0.6 is 0 Å². The highest BCUT2D eigenvalue weighted by molar-refractivity contribution is 5.91. The topological polar surface area (TPSA) is 17.1 Å². The van der Waals surface area contributed by atoms with Gasteiger partial charge < -0.3 is 0 Å². The van der Waals surface area contributed by atoms with Gasteiger partial charge in [0.1, 0.15) is 0 Å². The summed E-state index contributed by atoms with van der Waals surface area (Å²) in [4.78, 5) is 11.3. The predicted octanol–water partition coefficient (Wildman–Crippen LogP) is 3.74. The number of unbranched alkanes of at least 4 members (excludes halogenated alkanes) is 1. The molecule has 0 saturated carbocycles. The number of carbonyl (C=O) groups excluding carboxylic acids is 1. The lowest BCUT2D eigenvalue weighted by Gasteiger charge is -2.27. The van der Waals surface area contributed by atoms with Gasteiger partial charge in [0, 0.05) is 6.42 Å². The fraction of sp³-hybridized carbons (Fsp3) is 0.769. The first-order chi connectivity index (χ1) is 6.65. The number of hydrogen-bond acceptors (Lipinski definition) is 1. The van der Waals surface area contributed by atoms with Crippen LogP contribution in [0.1, 0.15) is 52.9 Å². The number of rotatable bonds is 4. The number of allylic oxidation sites excluding steroid dienone is 2. The van der Waals surface area contributed by atoms with Crippen LogP contribution in [-0.2, 0) is 4.79 Å². The first-order valence-corrected chi connectivity index (χ1v) is 5.88. The van der Waals surface area contributed by atoms with Gasteiger partial charge in [0.25, 0.3) is 0 Å². The summed E-state index contributed by atoms with van der Waals surface area (Å²) in [6.45, 7) is 6.73. The van der Waals surface area contributed by atoms with Crippen molar-refractivity contribution >= 4 is 5.78 Å². The lowest BCUT2D eigenvalue weighted by atomic mass is 9.78. The Hall–Kier alpha value is -0.590. The highest BCUT2D eigenvalue weighted by Gasteiger charge is 2.23. The first-order valence-electron chi connectivity index (χ1n) is 5.88. The summed E-state index contributed by atoms with van der Waals surface area (Å²) in [5, 5.41) is 0. The Morgan fingerprint density at radius 3 is 2.79 bits per heavy atom. The molecule has 0 aliphatic heterocycles. The second kappa shape index (κ2) is 5.33. The third-order valence-electron chi connectivity index (χ3n) is 3.15. The fourth-order valence-electron chi connectivity index (χ4n) is 2.27. The molecule has 1 aliphatic rings. The molecule has 0 aromatic carbocycles. The average Bonchev–Trinajstić information content (AvgIpc) is 2.14. The molecular weight excluding hydrogens is 172 g/mol. The maximum absolute atomic E-state index is 11.3. The molecule has 1 rings (SSSR count). The summed E-state index contributed by atoms with van der Waals surface area (Å²) < 4.78 is 0. The van der Waals surface area contributed by atoms with Gasteiger partial charge in [-0.1, -0.05) is 32.8 Å². The van der Waals surface area contributed by atoms with Gasteiger partial charge in [0.2, 0.25) is 0 Å². The van der Waals surface area contributed by atoms with Crippen LogP contribution in [0.5, 0.6) is 0 Å². The van der Waals surface area contributed by atoms with E-state index >= 15 is 0 Å². The first kappa shape index (κ1) is 11.5. The molecule has 0 heterocycles. The smallest absolute Gasteiger partial charge is 0.155 e. The molecule has 0 unspecified atom stereocenters. The van der Waals surface area contributed by atoms with Crippen molar-refractivity contribution in [3.05, 3.63) is 11.6 Å². The predicted molar refractivity (Wildman–Crippen MR) is 60.2 cm³/mol. The van der Waals surface area contributed by atoms with Crippen molar-refractivity contribution in [3.8, 4) is 0 Å². The minimum atomic E-state index is 0.341. The molecule has 14 heavy (non-hydrogen) atoms. The standard InChI is InChI=1S/C13H22O/c1-4-5-6-11-9-12(14)7-8-13(11)10(2)3/h9-10,13H,4-8H2,1-3H3/t13-/m1/s1. The molecule has 0 amide bonds. The van der Waals surface area contributed by atoms with Gasteiger partial charge in [-0.2, -0.15) is 0 Å². The van der Waals surface area contributed by atoms with E-state index in [0.717, 1.165) is 19.3 Å². The average molecular weight is 194 g/mol. The van der Waals surface area contributed by atoms with Crippen LogP contribution in [-0.4, -0.2) is 5.78 Å². The van der Waals surface area contributed by atoms with Gasteiger partial charge in [-0.15, -0.1) is 0 Å². The molecule has 1 atom stereocenters. The van der Waals surface area contributed by atoms with Crippen LogP contribution in [0, 0.1) is 11.8 Å². The third kappa shape index (κ3) is 2.97. The summed E-state index contributed by atoms with van der Waals surface area (Å²) in [7, 11) is 0. The van der Waals surface area contributed by atoms with Gasteiger partial charge in [-0.3, -0.25) is 4.79 Å². The van der Waals surface area contributed by atoms with Crippen molar-refractivity contribution in [1.29, 1.82) is 0 Å². The number of hydrogen-bond donors (Lipinski definition) is 0. The SMILES string of the molecule is CCCCC1=CC(=O)CC[C@@H]1C(C)C. The van der Waals surface area contributed by atoms with E-state index in [1.54, 1.807) is 0 Å². The molecule has 0 saturated heterocycles. The third-order valence-corrected chi connectivity index (χ3v) is 3.15. The Kier molecular flexibility index (Phi) is 4.37. The van der Waals surface area contributed by atoms with Gasteiger partial charge >= 0.3 is 0 Å². The van der Waals surface area contributed by atoms with E-state index < -0.39 is 0 Å². The number of ketones is 1. The maximum Gasteiger partial charge on any atom is 0.155 e. The normalized spacial score (nSPS) is 22.7. The molecule has 1 aliphatic carbocycles. The minimum absolute atomic E-state index is 0.341. The monoisotopic (exact) mass is 194 g/mol. The Balaban J connectivity index is 2.66. The minimum Gasteiger partial charge on any atom is -0.295 e. The molecular formula is C13H22O. The molecule has 1 heteroatoms. The molecule has 0 radical (unpaired) electrons. The van der Waals surface area contributed by atoms with E-state index in [9.17, 15) is 4.79 Å². The molecule has 0 N–H and O–H groups in total. The Morgan fingerprint density at radius 1 is 1.50 bits per heavy atom. The molecule has 80 valence electrons. The zero-order chi connectivity index (χ0) is 10.6. The molecule has 0 fully saturated rings. The second-order valence-corrected chi connectivity index (χ2v) is 4.68. The van der Waals surface area contributed by atoms with Crippen molar-refractivity contribution in [2.45, 2.75) is 52.9 Å². The van der Waals surface area contributed by atoms with E-state index in [0.29, 0.717) is 17.6 Å². The molecule has 0 spiro atoms. The lowest BCUT2D eigenvalue weighted by Crippen LogP contribution is -2.19. The molecule has 1 nitrogen and oxygen atoms in total. The van der Waals surface area contributed by atoms with Crippen LogP contribution < -0.4 is 0 Å². The van der Waals surface area contributed by atoms with E-state index in [1.165, 1.54) is 18.4 Å². The maximum atomic E-state index is 11.3. The Morgan fingerprint density at radius 2 is 2.21 bits per heavy atom. The summed E-state index contributed by atoms with van der Waals surface area (Å²) in [5.74, 6) is 1.69. The van der Waals surface area contributed by atoms with Crippen LogP contribution in [0.3, 0.4) is 0 Å². The lowest BCUT2D eigenvalue weighted by molar-refractivity contribution is -0.115. The highest BCUT2D eigenvalue weighted by Crippen LogP contribution is 2.32. The highest BCUT2D eigenvalue weighted by atomic mass is 16.1. The van der Waals surface area contributed by atoms with E-state index in [2.05, 4.69) is 20.8 Å². The van der Waals surface area contributed by atoms with Crippen LogP contribution in [0.25, 0.3) is 0 Å². The van der Waals surface area contributed by atoms with E-state index in [-0.39, 0.29) is 0 Å². The van der Waals surface area contributed by atoms with Crippen molar-refractivity contribution in [3.63, 3.8) is 0 Å². The summed E-state index contributed by atoms with van der Waals surface area (Å²) in [5.41, 5.74) is 1.41. The molecule has 0 aromatic heterocycles. The fourth-order valence-corrected chi connectivity index (χ4v) is 2.27. The van der Waals surface area contributed by atoms with Gasteiger partial charge in [0.15, 0.2) is 5.78 Å². The summed E-state index contributed by atoms with van der Waals surface area (Å²) in [6.07, 6.45) is 7.33. The number of carbonyl (C=O) groups is 1. The Bertz CT molecular complexity index is 225. The summed E-state index contributed by atoms with van der Waals surface area (Å²) in [6, 6.07) is 0. The van der Waals surface area contributed by atoms with E-state index in [4.69, 9.17) is 0 Å². The van der Waals surface area contributed by atoms with Crippen molar-refractivity contribution < 1.29 is 4.79 Å². The van der Waals surface area contributed by atoms with Gasteiger partial charge in [0.05, 0.1) is 0 Å². The van der Waals surface area contributed by atoms with E-state index in [1.807, 2.05) is 6.08 Å². The van der Waals surface area contributed by atoms with Gasteiger partial charge in [-0.05, 0) is 37.2 Å². The largest absolute Gasteiger partial charge is 0.295 e. The zero-order valence-electron chi connectivity index (χ0n) is 9.68.